The van der Waals surface area contributed by atoms with Gasteiger partial charge >= 0.3 is 12.0 Å². The van der Waals surface area contributed by atoms with Gasteiger partial charge in [0.1, 0.15) is 12.4 Å². The Morgan fingerprint density at radius 2 is 1.78 bits per heavy atom. The van der Waals surface area contributed by atoms with Crippen molar-refractivity contribution in [2.75, 3.05) is 23.8 Å². The standard InChI is InChI=1S/C27H25FN4O4/c1-3-36-23(33)16-32(27(35)29-18-10-8-9-17(2)15-18)25-26(34)30-22-14-7-5-12-20(22)24(31-25)19-11-4-6-13-21(19)28/h4-15,25H,3,16H2,1-2H3,(H,29,35)(H,30,34). The number of hydrogen-bond donors (Lipinski definition) is 2. The first kappa shape index (κ1) is 24.6. The molecule has 8 nitrogen and oxygen atoms in total. The number of para-hydroxylation sites is 1. The number of aryl methyl sites for hydroxylation is 1. The number of aliphatic imine (C=N–C) groups is 1. The van der Waals surface area contributed by atoms with Gasteiger partial charge in [0.25, 0.3) is 5.91 Å². The smallest absolute Gasteiger partial charge is 0.325 e. The number of benzene rings is 3. The molecule has 1 heterocycles. The second-order valence-electron chi connectivity index (χ2n) is 8.10. The van der Waals surface area contributed by atoms with Crippen LogP contribution >= 0.6 is 0 Å². The molecule has 3 aromatic rings. The number of fused-ring (bicyclic) bond motifs is 1. The van der Waals surface area contributed by atoms with Gasteiger partial charge in [0.15, 0.2) is 0 Å². The highest BCUT2D eigenvalue weighted by molar-refractivity contribution is 6.20. The van der Waals surface area contributed by atoms with Crippen molar-refractivity contribution in [2.45, 2.75) is 20.0 Å². The van der Waals surface area contributed by atoms with Crippen molar-refractivity contribution in [3.8, 4) is 0 Å². The van der Waals surface area contributed by atoms with E-state index in [1.165, 1.54) is 6.07 Å². The summed E-state index contributed by atoms with van der Waals surface area (Å²) in [5.74, 6) is -1.91. The van der Waals surface area contributed by atoms with E-state index >= 15 is 0 Å². The Labute approximate surface area is 207 Å². The average Bonchev–Trinajstić information content (AvgIpc) is 2.99. The lowest BCUT2D eigenvalue weighted by Crippen LogP contribution is -2.50. The number of carbonyl (C=O) groups excluding carboxylic acids is 3. The van der Waals surface area contributed by atoms with E-state index in [1.54, 1.807) is 67.6 Å². The van der Waals surface area contributed by atoms with Crippen molar-refractivity contribution in [1.82, 2.24) is 4.90 Å². The molecule has 0 aliphatic carbocycles. The average molecular weight is 489 g/mol. The van der Waals surface area contributed by atoms with E-state index in [4.69, 9.17) is 4.74 Å². The molecule has 2 N–H and O–H groups in total. The van der Waals surface area contributed by atoms with Crippen LogP contribution in [-0.4, -0.2) is 47.8 Å². The Bertz CT molecular complexity index is 1340. The summed E-state index contributed by atoms with van der Waals surface area (Å²) in [4.78, 5) is 44.7. The Morgan fingerprint density at radius 1 is 1.06 bits per heavy atom. The van der Waals surface area contributed by atoms with Gasteiger partial charge < -0.3 is 15.4 Å². The summed E-state index contributed by atoms with van der Waals surface area (Å²) in [7, 11) is 0. The van der Waals surface area contributed by atoms with Crippen LogP contribution < -0.4 is 10.6 Å². The number of rotatable bonds is 6. The highest BCUT2D eigenvalue weighted by atomic mass is 19.1. The fourth-order valence-corrected chi connectivity index (χ4v) is 3.86. The second kappa shape index (κ2) is 10.8. The number of anilines is 2. The molecule has 0 aromatic heterocycles. The van der Waals surface area contributed by atoms with Gasteiger partial charge in [-0.05, 0) is 49.7 Å². The minimum absolute atomic E-state index is 0.0955. The molecule has 1 aliphatic heterocycles. The van der Waals surface area contributed by atoms with Gasteiger partial charge in [0, 0.05) is 16.8 Å². The predicted octanol–water partition coefficient (Wildman–Crippen LogP) is 4.35. The summed E-state index contributed by atoms with van der Waals surface area (Å²) >= 11 is 0. The monoisotopic (exact) mass is 488 g/mol. The molecule has 0 saturated heterocycles. The lowest BCUT2D eigenvalue weighted by molar-refractivity contribution is -0.144. The lowest BCUT2D eigenvalue weighted by Gasteiger charge is -2.27. The molecule has 1 unspecified atom stereocenters. The quantitative estimate of drug-likeness (QED) is 0.504. The van der Waals surface area contributed by atoms with Gasteiger partial charge in [-0.3, -0.25) is 14.5 Å². The summed E-state index contributed by atoms with van der Waals surface area (Å²) in [6.07, 6.45) is -1.48. The van der Waals surface area contributed by atoms with E-state index in [9.17, 15) is 18.8 Å². The molecule has 1 atom stereocenters. The maximum Gasteiger partial charge on any atom is 0.325 e. The Kier molecular flexibility index (Phi) is 7.39. The molecular weight excluding hydrogens is 463 g/mol. The van der Waals surface area contributed by atoms with E-state index in [1.807, 2.05) is 13.0 Å². The molecule has 184 valence electrons. The van der Waals surface area contributed by atoms with Gasteiger partial charge in [-0.2, -0.15) is 0 Å². The molecule has 0 spiro atoms. The van der Waals surface area contributed by atoms with Gasteiger partial charge in [-0.25, -0.2) is 14.2 Å². The molecular formula is C27H25FN4O4. The van der Waals surface area contributed by atoms with Crippen LogP contribution in [0.15, 0.2) is 77.8 Å². The minimum atomic E-state index is -1.48. The van der Waals surface area contributed by atoms with Crippen molar-refractivity contribution in [3.63, 3.8) is 0 Å². The summed E-state index contributed by atoms with van der Waals surface area (Å²) in [5.41, 5.74) is 2.60. The summed E-state index contributed by atoms with van der Waals surface area (Å²) in [6.45, 7) is 3.05. The minimum Gasteiger partial charge on any atom is -0.465 e. The molecule has 0 radical (unpaired) electrons. The van der Waals surface area contributed by atoms with Crippen LogP contribution in [0.25, 0.3) is 0 Å². The van der Waals surface area contributed by atoms with E-state index in [-0.39, 0.29) is 17.9 Å². The van der Waals surface area contributed by atoms with Crippen molar-refractivity contribution in [2.24, 2.45) is 4.99 Å². The number of benzodiazepines with no additional fused rings is 1. The van der Waals surface area contributed by atoms with Crippen molar-refractivity contribution in [1.29, 1.82) is 0 Å². The zero-order chi connectivity index (χ0) is 25.7. The van der Waals surface area contributed by atoms with Gasteiger partial charge in [-0.1, -0.05) is 42.5 Å². The van der Waals surface area contributed by atoms with Crippen LogP contribution in [-0.2, 0) is 14.3 Å². The molecule has 3 amide bonds. The van der Waals surface area contributed by atoms with Crippen LogP contribution in [0.4, 0.5) is 20.6 Å². The molecule has 4 rings (SSSR count). The topological polar surface area (TPSA) is 100 Å². The molecule has 0 bridgehead atoms. The summed E-state index contributed by atoms with van der Waals surface area (Å²) < 4.78 is 19.9. The molecule has 0 saturated carbocycles. The number of hydrogen-bond acceptors (Lipinski definition) is 5. The second-order valence-corrected chi connectivity index (χ2v) is 8.10. The summed E-state index contributed by atoms with van der Waals surface area (Å²) in [6, 6.07) is 19.2. The molecule has 1 aliphatic rings. The maximum absolute atomic E-state index is 14.9. The maximum atomic E-state index is 14.9. The third-order valence-corrected chi connectivity index (χ3v) is 5.49. The zero-order valence-corrected chi connectivity index (χ0v) is 19.8. The largest absolute Gasteiger partial charge is 0.465 e. The van der Waals surface area contributed by atoms with Crippen LogP contribution in [0.3, 0.4) is 0 Å². The number of amides is 3. The van der Waals surface area contributed by atoms with Gasteiger partial charge in [0.05, 0.1) is 18.0 Å². The normalized spacial score (nSPS) is 14.6. The third-order valence-electron chi connectivity index (χ3n) is 5.49. The highest BCUT2D eigenvalue weighted by Crippen LogP contribution is 2.26. The predicted molar refractivity (Wildman–Crippen MR) is 134 cm³/mol. The fraction of sp³-hybridized carbons (Fsp3) is 0.185. The van der Waals surface area contributed by atoms with E-state index in [0.717, 1.165) is 10.5 Å². The lowest BCUT2D eigenvalue weighted by atomic mass is 10.0. The zero-order valence-electron chi connectivity index (χ0n) is 19.8. The third kappa shape index (κ3) is 5.41. The number of nitrogens with one attached hydrogen (secondary N) is 2. The highest BCUT2D eigenvalue weighted by Gasteiger charge is 2.35. The van der Waals surface area contributed by atoms with E-state index in [0.29, 0.717) is 16.9 Å². The number of halogens is 1. The number of nitrogens with zero attached hydrogens (tertiary/aromatic N) is 2. The Morgan fingerprint density at radius 3 is 2.50 bits per heavy atom. The van der Waals surface area contributed by atoms with E-state index in [2.05, 4.69) is 15.6 Å². The first-order chi connectivity index (χ1) is 17.4. The van der Waals surface area contributed by atoms with E-state index < -0.39 is 36.4 Å². The fourth-order valence-electron chi connectivity index (χ4n) is 3.86. The van der Waals surface area contributed by atoms with Crippen molar-refractivity contribution < 1.29 is 23.5 Å². The number of urea groups is 1. The van der Waals surface area contributed by atoms with Crippen LogP contribution in [0, 0.1) is 12.7 Å². The molecule has 36 heavy (non-hydrogen) atoms. The SMILES string of the molecule is CCOC(=O)CN(C(=O)Nc1cccc(C)c1)C1N=C(c2ccccc2F)c2ccccc2NC1=O. The van der Waals surface area contributed by atoms with Gasteiger partial charge in [-0.15, -0.1) is 0 Å². The van der Waals surface area contributed by atoms with Crippen LogP contribution in [0.2, 0.25) is 0 Å². The molecule has 0 fully saturated rings. The Balaban J connectivity index is 1.80. The van der Waals surface area contributed by atoms with Gasteiger partial charge in [0.2, 0.25) is 6.17 Å². The number of ether oxygens (including phenoxy) is 1. The first-order valence-corrected chi connectivity index (χ1v) is 11.4. The molecule has 9 heteroatoms. The molecule has 3 aromatic carbocycles. The van der Waals surface area contributed by atoms with Crippen molar-refractivity contribution >= 4 is 35.0 Å². The first-order valence-electron chi connectivity index (χ1n) is 11.4. The van der Waals surface area contributed by atoms with Crippen molar-refractivity contribution in [3.05, 3.63) is 95.3 Å². The summed E-state index contributed by atoms with van der Waals surface area (Å²) in [5, 5.41) is 5.47. The van der Waals surface area contributed by atoms with Crippen LogP contribution in [0.5, 0.6) is 0 Å². The van der Waals surface area contributed by atoms with Crippen LogP contribution in [0.1, 0.15) is 23.6 Å². The number of carbonyl (C=O) groups is 3. The Hall–Kier alpha value is -4.53. The number of esters is 1.